The molecule has 0 aliphatic heterocycles. The summed E-state index contributed by atoms with van der Waals surface area (Å²) in [6, 6.07) is 9.69. The molecule has 7 heteroatoms. The molecule has 0 saturated carbocycles. The molecule has 0 N–H and O–H groups in total. The average Bonchev–Trinajstić information content (AvgIpc) is 3.20. The third-order valence-electron chi connectivity index (χ3n) is 3.80. The SMILES string of the molecule is CCCN(C(=O)Cn1cnnn1)C(C)c1cc2ccccc2o1. The largest absolute Gasteiger partial charge is 0.459 e. The summed E-state index contributed by atoms with van der Waals surface area (Å²) in [5, 5.41) is 11.9. The number of carbonyl (C=O) groups excluding carboxylic acids is 1. The first-order valence-corrected chi connectivity index (χ1v) is 7.67. The van der Waals surface area contributed by atoms with Crippen molar-refractivity contribution in [3.63, 3.8) is 0 Å². The molecule has 1 unspecified atom stereocenters. The number of carbonyl (C=O) groups is 1. The summed E-state index contributed by atoms with van der Waals surface area (Å²) in [5.74, 6) is 0.747. The van der Waals surface area contributed by atoms with Crippen LogP contribution in [0.2, 0.25) is 0 Å². The van der Waals surface area contributed by atoms with E-state index in [0.29, 0.717) is 6.54 Å². The van der Waals surface area contributed by atoms with Gasteiger partial charge in [0.1, 0.15) is 24.2 Å². The Morgan fingerprint density at radius 3 is 2.91 bits per heavy atom. The molecule has 0 fully saturated rings. The number of tetrazole rings is 1. The fourth-order valence-corrected chi connectivity index (χ4v) is 2.62. The van der Waals surface area contributed by atoms with Crippen molar-refractivity contribution in [2.45, 2.75) is 32.9 Å². The predicted octanol–water partition coefficient (Wildman–Crippen LogP) is 2.42. The standard InChI is InChI=1S/C16H19N5O2/c1-3-8-21(16(22)10-20-11-17-18-19-20)12(2)15-9-13-6-4-5-7-14(13)23-15/h4-7,9,11-12H,3,8,10H2,1-2H3. The molecule has 0 saturated heterocycles. The molecule has 2 aromatic heterocycles. The van der Waals surface area contributed by atoms with E-state index >= 15 is 0 Å². The first-order chi connectivity index (χ1) is 11.2. The number of hydrogen-bond acceptors (Lipinski definition) is 5. The van der Waals surface area contributed by atoms with Crippen molar-refractivity contribution < 1.29 is 9.21 Å². The molecule has 0 aliphatic carbocycles. The van der Waals surface area contributed by atoms with Gasteiger partial charge in [0.05, 0.1) is 6.04 Å². The summed E-state index contributed by atoms with van der Waals surface area (Å²) in [5.41, 5.74) is 0.832. The van der Waals surface area contributed by atoms with Gasteiger partial charge in [0.2, 0.25) is 5.91 Å². The Hall–Kier alpha value is -2.70. The van der Waals surface area contributed by atoms with Crippen LogP contribution >= 0.6 is 0 Å². The van der Waals surface area contributed by atoms with Crippen molar-refractivity contribution in [2.75, 3.05) is 6.54 Å². The highest BCUT2D eigenvalue weighted by atomic mass is 16.3. The lowest BCUT2D eigenvalue weighted by atomic mass is 10.2. The molecule has 120 valence electrons. The second-order valence-electron chi connectivity index (χ2n) is 5.46. The lowest BCUT2D eigenvalue weighted by Gasteiger charge is -2.27. The van der Waals surface area contributed by atoms with E-state index in [4.69, 9.17) is 4.42 Å². The summed E-state index contributed by atoms with van der Waals surface area (Å²) < 4.78 is 7.33. The third kappa shape index (κ3) is 3.23. The zero-order valence-corrected chi connectivity index (χ0v) is 13.2. The molecule has 1 amide bonds. The van der Waals surface area contributed by atoms with E-state index in [-0.39, 0.29) is 18.5 Å². The number of rotatable bonds is 6. The molecule has 3 rings (SSSR count). The molecule has 0 bridgehead atoms. The van der Waals surface area contributed by atoms with Crippen LogP contribution in [0.25, 0.3) is 11.0 Å². The van der Waals surface area contributed by atoms with Crippen molar-refractivity contribution >= 4 is 16.9 Å². The van der Waals surface area contributed by atoms with Gasteiger partial charge in [-0.25, -0.2) is 4.68 Å². The quantitative estimate of drug-likeness (QED) is 0.698. The molecular formula is C16H19N5O2. The Morgan fingerprint density at radius 2 is 2.22 bits per heavy atom. The van der Waals surface area contributed by atoms with Gasteiger partial charge in [0, 0.05) is 11.9 Å². The van der Waals surface area contributed by atoms with Crippen LogP contribution in [-0.2, 0) is 11.3 Å². The number of benzene rings is 1. The molecular weight excluding hydrogens is 294 g/mol. The average molecular weight is 313 g/mol. The van der Waals surface area contributed by atoms with Crippen molar-refractivity contribution in [2.24, 2.45) is 0 Å². The number of amides is 1. The smallest absolute Gasteiger partial charge is 0.245 e. The maximum atomic E-state index is 12.6. The molecule has 0 radical (unpaired) electrons. The molecule has 23 heavy (non-hydrogen) atoms. The van der Waals surface area contributed by atoms with Crippen LogP contribution in [0, 0.1) is 0 Å². The Labute approximate surface area is 133 Å². The summed E-state index contributed by atoms with van der Waals surface area (Å²) in [7, 11) is 0. The fourth-order valence-electron chi connectivity index (χ4n) is 2.62. The van der Waals surface area contributed by atoms with Crippen LogP contribution in [0.1, 0.15) is 32.1 Å². The lowest BCUT2D eigenvalue weighted by molar-refractivity contribution is -0.134. The Bertz CT molecular complexity index is 748. The summed E-state index contributed by atoms with van der Waals surface area (Å²) in [4.78, 5) is 14.4. The Balaban J connectivity index is 1.82. The number of fused-ring (bicyclic) bond motifs is 1. The maximum Gasteiger partial charge on any atom is 0.245 e. The van der Waals surface area contributed by atoms with Crippen LogP contribution < -0.4 is 0 Å². The van der Waals surface area contributed by atoms with E-state index < -0.39 is 0 Å². The minimum absolute atomic E-state index is 0.0351. The van der Waals surface area contributed by atoms with Crippen molar-refractivity contribution in [3.8, 4) is 0 Å². The summed E-state index contributed by atoms with van der Waals surface area (Å²) in [6.45, 7) is 4.80. The molecule has 2 heterocycles. The van der Waals surface area contributed by atoms with Crippen LogP contribution in [-0.4, -0.2) is 37.6 Å². The van der Waals surface area contributed by atoms with Gasteiger partial charge in [-0.05, 0) is 35.9 Å². The second-order valence-corrected chi connectivity index (χ2v) is 5.46. The maximum absolute atomic E-state index is 12.6. The minimum Gasteiger partial charge on any atom is -0.459 e. The predicted molar refractivity (Wildman–Crippen MR) is 84.5 cm³/mol. The number of hydrogen-bond donors (Lipinski definition) is 0. The van der Waals surface area contributed by atoms with Gasteiger partial charge in [0.15, 0.2) is 0 Å². The number of para-hydroxylation sites is 1. The topological polar surface area (TPSA) is 77.1 Å². The van der Waals surface area contributed by atoms with Crippen molar-refractivity contribution in [1.29, 1.82) is 0 Å². The van der Waals surface area contributed by atoms with Crippen LogP contribution in [0.4, 0.5) is 0 Å². The van der Waals surface area contributed by atoms with Gasteiger partial charge >= 0.3 is 0 Å². The van der Waals surface area contributed by atoms with E-state index in [2.05, 4.69) is 15.5 Å². The van der Waals surface area contributed by atoms with E-state index in [1.165, 1.54) is 11.0 Å². The van der Waals surface area contributed by atoms with Gasteiger partial charge in [-0.3, -0.25) is 4.79 Å². The molecule has 0 aliphatic rings. The van der Waals surface area contributed by atoms with Gasteiger partial charge in [-0.1, -0.05) is 25.1 Å². The highest BCUT2D eigenvalue weighted by Crippen LogP contribution is 2.27. The molecule has 0 spiro atoms. The lowest BCUT2D eigenvalue weighted by Crippen LogP contribution is -2.36. The highest BCUT2D eigenvalue weighted by molar-refractivity contribution is 5.79. The minimum atomic E-state index is -0.147. The normalized spacial score (nSPS) is 12.4. The summed E-state index contributed by atoms with van der Waals surface area (Å²) >= 11 is 0. The first-order valence-electron chi connectivity index (χ1n) is 7.67. The Kier molecular flexibility index (Phi) is 4.36. The third-order valence-corrected chi connectivity index (χ3v) is 3.80. The number of furan rings is 1. The van der Waals surface area contributed by atoms with Crippen LogP contribution in [0.3, 0.4) is 0 Å². The fraction of sp³-hybridized carbons (Fsp3) is 0.375. The summed E-state index contributed by atoms with van der Waals surface area (Å²) in [6.07, 6.45) is 2.31. The molecule has 1 aromatic carbocycles. The van der Waals surface area contributed by atoms with Crippen LogP contribution in [0.5, 0.6) is 0 Å². The molecule has 3 aromatic rings. The zero-order chi connectivity index (χ0) is 16.2. The van der Waals surface area contributed by atoms with Crippen LogP contribution in [0.15, 0.2) is 41.1 Å². The van der Waals surface area contributed by atoms with E-state index in [0.717, 1.165) is 23.2 Å². The van der Waals surface area contributed by atoms with E-state index in [9.17, 15) is 4.79 Å². The van der Waals surface area contributed by atoms with Gasteiger partial charge < -0.3 is 9.32 Å². The van der Waals surface area contributed by atoms with Gasteiger partial charge in [0.25, 0.3) is 0 Å². The van der Waals surface area contributed by atoms with Crippen molar-refractivity contribution in [1.82, 2.24) is 25.1 Å². The number of aromatic nitrogens is 4. The zero-order valence-electron chi connectivity index (χ0n) is 13.2. The first kappa shape index (κ1) is 15.2. The van der Waals surface area contributed by atoms with Gasteiger partial charge in [-0.2, -0.15) is 0 Å². The molecule has 7 nitrogen and oxygen atoms in total. The van der Waals surface area contributed by atoms with E-state index in [1.807, 2.05) is 44.2 Å². The second kappa shape index (κ2) is 6.60. The van der Waals surface area contributed by atoms with Gasteiger partial charge in [-0.15, -0.1) is 5.10 Å². The Morgan fingerprint density at radius 1 is 1.39 bits per heavy atom. The van der Waals surface area contributed by atoms with E-state index in [1.54, 1.807) is 4.90 Å². The highest BCUT2D eigenvalue weighted by Gasteiger charge is 2.24. The number of nitrogens with zero attached hydrogens (tertiary/aromatic N) is 5. The molecule has 1 atom stereocenters. The van der Waals surface area contributed by atoms with Crippen molar-refractivity contribution in [3.05, 3.63) is 42.4 Å². The monoisotopic (exact) mass is 313 g/mol.